The van der Waals surface area contributed by atoms with E-state index >= 15 is 0 Å². The van der Waals surface area contributed by atoms with E-state index in [0.717, 1.165) is 31.7 Å². The number of halogens is 1. The maximum atomic E-state index is 4.46. The molecule has 2 aliphatic rings. The standard InChI is InChI=1S/C9H18N6.ClH/c1-12(2)8-10-7-14-5-6-15(13(3)4)9(14)11-8;/h5-7H2,1-4H3;1H. The molecule has 0 saturated heterocycles. The summed E-state index contributed by atoms with van der Waals surface area (Å²) in [5, 5.41) is 7.67. The molecule has 0 radical (unpaired) electrons. The van der Waals surface area contributed by atoms with Crippen molar-refractivity contribution in [3.63, 3.8) is 0 Å². The Balaban J connectivity index is 0.00000128. The fraction of sp³-hybridized carbons (Fsp3) is 0.778. The largest absolute Gasteiger partial charge is 1.00 e. The third-order valence-electron chi connectivity index (χ3n) is 2.65. The molecule has 0 spiro atoms. The second-order valence-corrected chi connectivity index (χ2v) is 4.20. The first-order chi connectivity index (χ1) is 7.09. The maximum absolute atomic E-state index is 4.46. The van der Waals surface area contributed by atoms with Crippen LogP contribution in [-0.2, 0) is 0 Å². The van der Waals surface area contributed by atoms with Gasteiger partial charge in [0.1, 0.15) is 13.1 Å². The maximum Gasteiger partial charge on any atom is 0.374 e. The third kappa shape index (κ3) is 2.22. The summed E-state index contributed by atoms with van der Waals surface area (Å²) in [6.07, 6.45) is 0. The molecule has 92 valence electrons. The highest BCUT2D eigenvalue weighted by molar-refractivity contribution is 5.97. The highest BCUT2D eigenvalue weighted by Crippen LogP contribution is 2.05. The summed E-state index contributed by atoms with van der Waals surface area (Å²) >= 11 is 0. The van der Waals surface area contributed by atoms with Crippen molar-refractivity contribution in [1.29, 1.82) is 0 Å². The first-order valence-corrected chi connectivity index (χ1v) is 5.15. The lowest BCUT2D eigenvalue weighted by Crippen LogP contribution is -3.00. The van der Waals surface area contributed by atoms with Gasteiger partial charge in [0.15, 0.2) is 6.67 Å². The molecule has 2 rings (SSSR count). The molecule has 0 fully saturated rings. The molecule has 0 saturated carbocycles. The van der Waals surface area contributed by atoms with Crippen LogP contribution in [0.1, 0.15) is 0 Å². The first-order valence-electron chi connectivity index (χ1n) is 5.15. The molecule has 0 amide bonds. The van der Waals surface area contributed by atoms with Gasteiger partial charge < -0.3 is 17.3 Å². The molecule has 2 aliphatic heterocycles. The van der Waals surface area contributed by atoms with E-state index in [1.54, 1.807) is 0 Å². The van der Waals surface area contributed by atoms with Gasteiger partial charge in [0, 0.05) is 28.2 Å². The Bertz CT molecular complexity index is 322. The van der Waals surface area contributed by atoms with Gasteiger partial charge in [-0.1, -0.05) is 0 Å². The van der Waals surface area contributed by atoms with Crippen LogP contribution >= 0.6 is 0 Å². The van der Waals surface area contributed by atoms with Crippen LogP contribution in [0.15, 0.2) is 4.99 Å². The van der Waals surface area contributed by atoms with Gasteiger partial charge in [-0.25, -0.2) is 14.9 Å². The SMILES string of the molecule is CN(C)C1=NC[N+]2=C(N1)N(N(C)C)CC2.[Cl-]. The third-order valence-corrected chi connectivity index (χ3v) is 2.65. The van der Waals surface area contributed by atoms with Crippen LogP contribution in [0.5, 0.6) is 0 Å². The lowest BCUT2D eigenvalue weighted by atomic mass is 10.6. The summed E-state index contributed by atoms with van der Waals surface area (Å²) < 4.78 is 2.24. The van der Waals surface area contributed by atoms with Crippen molar-refractivity contribution in [3.05, 3.63) is 0 Å². The lowest BCUT2D eigenvalue weighted by molar-refractivity contribution is -0.519. The van der Waals surface area contributed by atoms with Crippen LogP contribution < -0.4 is 17.7 Å². The van der Waals surface area contributed by atoms with Gasteiger partial charge in [-0.15, -0.1) is 0 Å². The normalized spacial score (nSPS) is 19.1. The minimum atomic E-state index is 0. The van der Waals surface area contributed by atoms with E-state index in [9.17, 15) is 0 Å². The van der Waals surface area contributed by atoms with E-state index in [2.05, 4.69) is 39.0 Å². The van der Waals surface area contributed by atoms with Crippen LogP contribution in [0.3, 0.4) is 0 Å². The summed E-state index contributed by atoms with van der Waals surface area (Å²) in [4.78, 5) is 6.45. The molecule has 0 aromatic carbocycles. The van der Waals surface area contributed by atoms with Crippen LogP contribution in [0.25, 0.3) is 0 Å². The number of nitrogens with zero attached hydrogens (tertiary/aromatic N) is 5. The van der Waals surface area contributed by atoms with Crippen molar-refractivity contribution in [2.24, 2.45) is 4.99 Å². The minimum Gasteiger partial charge on any atom is -1.00 e. The van der Waals surface area contributed by atoms with E-state index in [4.69, 9.17) is 0 Å². The summed E-state index contributed by atoms with van der Waals surface area (Å²) in [6, 6.07) is 0. The van der Waals surface area contributed by atoms with Crippen LogP contribution in [0.4, 0.5) is 0 Å². The predicted octanol–water partition coefficient (Wildman–Crippen LogP) is -4.37. The Morgan fingerprint density at radius 1 is 1.31 bits per heavy atom. The molecule has 0 atom stereocenters. The molecule has 7 heteroatoms. The number of nitrogens with one attached hydrogen (secondary N) is 1. The minimum absolute atomic E-state index is 0. The van der Waals surface area contributed by atoms with Crippen molar-refractivity contribution in [1.82, 2.24) is 20.2 Å². The van der Waals surface area contributed by atoms with Gasteiger partial charge >= 0.3 is 5.96 Å². The van der Waals surface area contributed by atoms with Crippen LogP contribution in [0, 0.1) is 0 Å². The predicted molar refractivity (Wildman–Crippen MR) is 59.7 cm³/mol. The number of hydrazine groups is 1. The molecule has 0 aromatic rings. The molecule has 2 heterocycles. The zero-order valence-electron chi connectivity index (χ0n) is 10.2. The molecular formula is C9H19ClN6. The van der Waals surface area contributed by atoms with Gasteiger partial charge in [0.2, 0.25) is 0 Å². The number of guanidine groups is 2. The number of hydrogen-bond acceptors (Lipinski definition) is 5. The van der Waals surface area contributed by atoms with Crippen molar-refractivity contribution in [2.45, 2.75) is 0 Å². The second-order valence-electron chi connectivity index (χ2n) is 4.20. The average molecular weight is 247 g/mol. The average Bonchev–Trinajstić information content (AvgIpc) is 2.59. The first kappa shape index (κ1) is 13.1. The zero-order chi connectivity index (χ0) is 11.0. The van der Waals surface area contributed by atoms with Gasteiger partial charge in [-0.05, 0) is 0 Å². The molecule has 6 nitrogen and oxygen atoms in total. The molecule has 0 unspecified atom stereocenters. The van der Waals surface area contributed by atoms with E-state index < -0.39 is 0 Å². The van der Waals surface area contributed by atoms with Crippen molar-refractivity contribution >= 4 is 11.9 Å². The molecule has 1 N–H and O–H groups in total. The lowest BCUT2D eigenvalue weighted by Gasteiger charge is -2.24. The summed E-state index contributed by atoms with van der Waals surface area (Å²) in [7, 11) is 8.10. The van der Waals surface area contributed by atoms with E-state index in [1.807, 2.05) is 19.0 Å². The Hall–Kier alpha value is -1.01. The van der Waals surface area contributed by atoms with Crippen molar-refractivity contribution < 1.29 is 17.0 Å². The molecule has 16 heavy (non-hydrogen) atoms. The smallest absolute Gasteiger partial charge is 0.374 e. The van der Waals surface area contributed by atoms with Crippen molar-refractivity contribution in [2.75, 3.05) is 47.9 Å². The Morgan fingerprint density at radius 3 is 2.56 bits per heavy atom. The highest BCUT2D eigenvalue weighted by atomic mass is 35.5. The summed E-state index contributed by atoms with van der Waals surface area (Å²) in [6.45, 7) is 2.80. The molecular weight excluding hydrogens is 228 g/mol. The molecule has 0 bridgehead atoms. The van der Waals surface area contributed by atoms with Crippen molar-refractivity contribution in [3.8, 4) is 0 Å². The van der Waals surface area contributed by atoms with E-state index in [0.29, 0.717) is 0 Å². The zero-order valence-corrected chi connectivity index (χ0v) is 11.0. The topological polar surface area (TPSA) is 37.1 Å². The van der Waals surface area contributed by atoms with Gasteiger partial charge in [-0.3, -0.25) is 0 Å². The van der Waals surface area contributed by atoms with Gasteiger partial charge in [0.25, 0.3) is 5.96 Å². The highest BCUT2D eigenvalue weighted by Gasteiger charge is 2.35. The fourth-order valence-electron chi connectivity index (χ4n) is 1.81. The Kier molecular flexibility index (Phi) is 3.98. The molecule has 0 aliphatic carbocycles. The second kappa shape index (κ2) is 4.88. The van der Waals surface area contributed by atoms with Crippen LogP contribution in [-0.4, -0.2) is 79.4 Å². The number of hydrogen-bond donors (Lipinski definition) is 1. The van der Waals surface area contributed by atoms with Gasteiger partial charge in [-0.2, -0.15) is 10.0 Å². The summed E-state index contributed by atoms with van der Waals surface area (Å²) in [5.41, 5.74) is 0. The summed E-state index contributed by atoms with van der Waals surface area (Å²) in [5.74, 6) is 2.06. The quantitative estimate of drug-likeness (QED) is 0.475. The van der Waals surface area contributed by atoms with E-state index in [-0.39, 0.29) is 12.4 Å². The molecule has 0 aromatic heterocycles. The van der Waals surface area contributed by atoms with E-state index in [1.165, 1.54) is 0 Å². The number of aliphatic imine (C=N–C) groups is 1. The Morgan fingerprint density at radius 2 is 2.00 bits per heavy atom. The fourth-order valence-corrected chi connectivity index (χ4v) is 1.81. The number of rotatable bonds is 1. The monoisotopic (exact) mass is 246 g/mol. The Labute approximate surface area is 103 Å². The van der Waals surface area contributed by atoms with Gasteiger partial charge in [0.05, 0.1) is 0 Å². The van der Waals surface area contributed by atoms with Crippen LogP contribution in [0.2, 0.25) is 0 Å².